The minimum atomic E-state index is 0. The number of aromatic amines is 1. The predicted octanol–water partition coefficient (Wildman–Crippen LogP) is 1.34. The molecule has 1 rings (SSSR count). The average Bonchev–Trinajstić information content (AvgIpc) is 2.26. The Morgan fingerprint density at radius 1 is 1.64 bits per heavy atom. The van der Waals surface area contributed by atoms with Crippen LogP contribution >= 0.6 is 0 Å². The second kappa shape index (κ2) is 3.24. The number of allylic oxidation sites excluding steroid dienone is 2. The van der Waals surface area contributed by atoms with Crippen LogP contribution in [-0.2, 0) is 0 Å². The first kappa shape index (κ1) is 7.86. The topological polar surface area (TPSA) is 15.8 Å². The molecular weight excluding hydrogens is 134 g/mol. The molecule has 0 saturated heterocycles. The number of aromatic nitrogens is 1. The second-order valence-electron chi connectivity index (χ2n) is 2.58. The maximum atomic E-state index is 3.90. The van der Waals surface area contributed by atoms with Crippen LogP contribution in [0.15, 0.2) is 18.2 Å². The summed E-state index contributed by atoms with van der Waals surface area (Å²) >= 11 is 0. The normalized spacial score (nSPS) is 13.1. The fraction of sp³-hybridized carbons (Fsp3) is 0.200. The fourth-order valence-corrected chi connectivity index (χ4v) is 1.01. The van der Waals surface area contributed by atoms with Crippen LogP contribution in [0.2, 0.25) is 0 Å². The van der Waals surface area contributed by atoms with Crippen molar-refractivity contribution in [2.75, 3.05) is 0 Å². The van der Waals surface area contributed by atoms with E-state index in [0.29, 0.717) is 0 Å². The van der Waals surface area contributed by atoms with Gasteiger partial charge >= 0.3 is 0 Å². The summed E-state index contributed by atoms with van der Waals surface area (Å²) in [5.41, 5.74) is 1.16. The molecule has 1 heteroatoms. The molecular formula is C10H15N. The van der Waals surface area contributed by atoms with E-state index < -0.39 is 0 Å². The van der Waals surface area contributed by atoms with Crippen LogP contribution in [0, 0.1) is 6.92 Å². The molecule has 1 aromatic rings. The Kier molecular flexibility index (Phi) is 2.32. The lowest BCUT2D eigenvalue weighted by atomic mass is 10.4. The fourth-order valence-electron chi connectivity index (χ4n) is 1.01. The van der Waals surface area contributed by atoms with Gasteiger partial charge in [-0.2, -0.15) is 0 Å². The smallest absolute Gasteiger partial charge is 0.0449 e. The van der Waals surface area contributed by atoms with Crippen LogP contribution in [0.5, 0.6) is 0 Å². The lowest BCUT2D eigenvalue weighted by Gasteiger charge is -1.76. The Bertz CT molecular complexity index is 360. The molecule has 60 valence electrons. The van der Waals surface area contributed by atoms with Gasteiger partial charge in [-0.15, -0.1) is 0 Å². The zero-order chi connectivity index (χ0) is 8.27. The number of rotatable bonds is 1. The molecule has 0 aliphatic heterocycles. The Labute approximate surface area is 68.2 Å². The van der Waals surface area contributed by atoms with Crippen LogP contribution in [0.25, 0.3) is 12.7 Å². The van der Waals surface area contributed by atoms with Gasteiger partial charge in [-0.3, -0.25) is 0 Å². The number of nitrogens with one attached hydrogen (secondary N) is 1. The summed E-state index contributed by atoms with van der Waals surface area (Å²) in [6.07, 6.45) is 6.02. The summed E-state index contributed by atoms with van der Waals surface area (Å²) in [5, 5.41) is 2.15. The predicted molar refractivity (Wildman–Crippen MR) is 51.7 cm³/mol. The maximum absolute atomic E-state index is 3.90. The van der Waals surface area contributed by atoms with Crippen molar-refractivity contribution in [3.63, 3.8) is 0 Å². The standard InChI is InChI=1S/C10H13N.H2/c1-4-5-6-10-8(2)7-9(3)11-10;/h4-7,11H,2H2,1,3H3;1H/b5-4-,10-6+;. The van der Waals surface area contributed by atoms with Crippen molar-refractivity contribution in [1.29, 1.82) is 0 Å². The first-order chi connectivity index (χ1) is 5.24. The molecule has 1 aromatic heterocycles. The van der Waals surface area contributed by atoms with E-state index in [1.54, 1.807) is 0 Å². The van der Waals surface area contributed by atoms with Crippen LogP contribution in [0.3, 0.4) is 0 Å². The van der Waals surface area contributed by atoms with E-state index in [9.17, 15) is 0 Å². The SMILES string of the molecule is C=c1cc(C)[nH]/c1=C/C=C\C.[HH]. The molecule has 0 radical (unpaired) electrons. The average molecular weight is 149 g/mol. The first-order valence-electron chi connectivity index (χ1n) is 3.71. The molecule has 0 saturated carbocycles. The van der Waals surface area contributed by atoms with Gasteiger partial charge in [0.15, 0.2) is 0 Å². The summed E-state index contributed by atoms with van der Waals surface area (Å²) in [6, 6.07) is 2.04. The van der Waals surface area contributed by atoms with E-state index in [1.165, 1.54) is 0 Å². The van der Waals surface area contributed by atoms with Gasteiger partial charge in [0.2, 0.25) is 0 Å². The third kappa shape index (κ3) is 1.84. The van der Waals surface area contributed by atoms with Gasteiger partial charge in [0.1, 0.15) is 0 Å². The Morgan fingerprint density at radius 2 is 2.36 bits per heavy atom. The lowest BCUT2D eigenvalue weighted by molar-refractivity contribution is 1.22. The van der Waals surface area contributed by atoms with Crippen molar-refractivity contribution in [3.05, 3.63) is 34.5 Å². The highest BCUT2D eigenvalue weighted by molar-refractivity contribution is 5.35. The monoisotopic (exact) mass is 149 g/mol. The van der Waals surface area contributed by atoms with Crippen molar-refractivity contribution < 1.29 is 1.43 Å². The van der Waals surface area contributed by atoms with Crippen molar-refractivity contribution >= 4 is 12.7 Å². The molecule has 0 aromatic carbocycles. The molecule has 0 unspecified atom stereocenters. The number of H-pyrrole nitrogens is 1. The first-order valence-corrected chi connectivity index (χ1v) is 3.71. The van der Waals surface area contributed by atoms with Gasteiger partial charge in [-0.1, -0.05) is 18.7 Å². The molecule has 1 heterocycles. The van der Waals surface area contributed by atoms with Crippen LogP contribution < -0.4 is 10.6 Å². The highest BCUT2D eigenvalue weighted by atomic mass is 14.7. The molecule has 11 heavy (non-hydrogen) atoms. The highest BCUT2D eigenvalue weighted by Crippen LogP contribution is 1.78. The summed E-state index contributed by atoms with van der Waals surface area (Å²) in [5.74, 6) is 0. The zero-order valence-electron chi connectivity index (χ0n) is 7.02. The number of hydrogen-bond donors (Lipinski definition) is 1. The summed E-state index contributed by atoms with van der Waals surface area (Å²) in [6.45, 7) is 7.92. The van der Waals surface area contributed by atoms with E-state index in [-0.39, 0.29) is 1.43 Å². The van der Waals surface area contributed by atoms with Crippen LogP contribution in [-0.4, -0.2) is 4.98 Å². The summed E-state index contributed by atoms with van der Waals surface area (Å²) < 4.78 is 0. The van der Waals surface area contributed by atoms with E-state index in [1.807, 2.05) is 38.1 Å². The molecule has 1 N–H and O–H groups in total. The largest absolute Gasteiger partial charge is 0.359 e. The van der Waals surface area contributed by atoms with Gasteiger partial charge in [0.05, 0.1) is 0 Å². The van der Waals surface area contributed by atoms with Crippen molar-refractivity contribution in [2.45, 2.75) is 13.8 Å². The van der Waals surface area contributed by atoms with Crippen molar-refractivity contribution in [2.24, 2.45) is 0 Å². The Balaban J connectivity index is 0.00000121. The van der Waals surface area contributed by atoms with Gasteiger partial charge in [0.25, 0.3) is 0 Å². The van der Waals surface area contributed by atoms with Crippen LogP contribution in [0.4, 0.5) is 0 Å². The second-order valence-corrected chi connectivity index (χ2v) is 2.58. The number of hydrogen-bond acceptors (Lipinski definition) is 0. The quantitative estimate of drug-likeness (QED) is 0.620. The van der Waals surface area contributed by atoms with Gasteiger partial charge < -0.3 is 4.98 Å². The van der Waals surface area contributed by atoms with E-state index in [0.717, 1.165) is 16.3 Å². The highest BCUT2D eigenvalue weighted by Gasteiger charge is 1.85. The molecule has 0 spiro atoms. The minimum Gasteiger partial charge on any atom is -0.359 e. The molecule has 1 nitrogen and oxygen atoms in total. The van der Waals surface area contributed by atoms with Gasteiger partial charge in [-0.05, 0) is 31.2 Å². The molecule has 0 amide bonds. The molecule has 0 fully saturated rings. The lowest BCUT2D eigenvalue weighted by Crippen LogP contribution is -2.19. The van der Waals surface area contributed by atoms with Gasteiger partial charge in [-0.25, -0.2) is 0 Å². The van der Waals surface area contributed by atoms with E-state index in [2.05, 4.69) is 11.6 Å². The van der Waals surface area contributed by atoms with E-state index in [4.69, 9.17) is 0 Å². The molecule has 0 aliphatic carbocycles. The maximum Gasteiger partial charge on any atom is 0.0449 e. The summed E-state index contributed by atoms with van der Waals surface area (Å²) in [7, 11) is 0. The third-order valence-corrected chi connectivity index (χ3v) is 1.52. The minimum absolute atomic E-state index is 0. The molecule has 0 bridgehead atoms. The number of aryl methyl sites for hydroxylation is 1. The Morgan fingerprint density at radius 3 is 2.82 bits per heavy atom. The third-order valence-electron chi connectivity index (χ3n) is 1.52. The van der Waals surface area contributed by atoms with Crippen molar-refractivity contribution in [3.8, 4) is 0 Å². The molecule has 0 atom stereocenters. The zero-order valence-corrected chi connectivity index (χ0v) is 7.02. The van der Waals surface area contributed by atoms with E-state index >= 15 is 0 Å². The Hall–Kier alpha value is -1.24. The molecule has 0 aliphatic rings. The van der Waals surface area contributed by atoms with Crippen LogP contribution in [0.1, 0.15) is 14.0 Å². The van der Waals surface area contributed by atoms with Gasteiger partial charge in [0, 0.05) is 12.5 Å². The van der Waals surface area contributed by atoms with Crippen molar-refractivity contribution in [1.82, 2.24) is 4.98 Å². The summed E-state index contributed by atoms with van der Waals surface area (Å²) in [4.78, 5) is 3.21.